The van der Waals surface area contributed by atoms with Gasteiger partial charge in [0, 0.05) is 94.9 Å². The molecule has 0 amide bonds. The van der Waals surface area contributed by atoms with Crippen molar-refractivity contribution in [2.45, 2.75) is 27.8 Å². The van der Waals surface area contributed by atoms with Crippen molar-refractivity contribution >= 4 is 50.2 Å². The quantitative estimate of drug-likeness (QED) is 0.105. The van der Waals surface area contributed by atoms with E-state index in [4.69, 9.17) is 36.3 Å². The van der Waals surface area contributed by atoms with Gasteiger partial charge in [-0.25, -0.2) is 44.3 Å². The molecule has 0 bridgehead atoms. The molecule has 0 unspecified atom stereocenters. The highest BCUT2D eigenvalue weighted by Gasteiger charge is 2.17. The molecule has 7 N–H and O–H groups in total. The van der Waals surface area contributed by atoms with E-state index in [-0.39, 0.29) is 19.1 Å². The van der Waals surface area contributed by atoms with Crippen LogP contribution in [-0.4, -0.2) is 103 Å². The number of nitrogens with zero attached hydrogens (tertiary/aromatic N) is 13. The summed E-state index contributed by atoms with van der Waals surface area (Å²) >= 11 is 0. The van der Waals surface area contributed by atoms with Crippen LogP contribution in [0.5, 0.6) is 0 Å². The first-order valence-electron chi connectivity index (χ1n) is 24.6. The van der Waals surface area contributed by atoms with Crippen molar-refractivity contribution in [2.24, 2.45) is 0 Å². The van der Waals surface area contributed by atoms with Crippen molar-refractivity contribution in [3.63, 3.8) is 0 Å². The molecule has 390 valence electrons. The highest BCUT2D eigenvalue weighted by molar-refractivity contribution is 6.00. The number of morpholine rings is 1. The van der Waals surface area contributed by atoms with E-state index >= 15 is 0 Å². The maximum absolute atomic E-state index is 13.4. The molecule has 10 heterocycles. The van der Waals surface area contributed by atoms with Gasteiger partial charge in [-0.05, 0) is 74.5 Å². The number of fused-ring (bicyclic) bond motifs is 3. The predicted molar refractivity (Wildman–Crippen MR) is 301 cm³/mol. The number of pyridine rings is 6. The van der Waals surface area contributed by atoms with Crippen LogP contribution in [0.3, 0.4) is 0 Å². The van der Waals surface area contributed by atoms with E-state index in [0.717, 1.165) is 94.9 Å². The van der Waals surface area contributed by atoms with E-state index in [2.05, 4.69) is 116 Å². The van der Waals surface area contributed by atoms with Crippen molar-refractivity contribution in [1.82, 2.24) is 69.7 Å². The van der Waals surface area contributed by atoms with Crippen LogP contribution in [0, 0.1) is 19.7 Å². The monoisotopic (exact) mass is 1040 g/mol. The summed E-state index contributed by atoms with van der Waals surface area (Å²) in [5, 5.41) is 16.9. The number of anilines is 3. The summed E-state index contributed by atoms with van der Waals surface area (Å²) in [7, 11) is 0. The summed E-state index contributed by atoms with van der Waals surface area (Å²) in [5.41, 5.74) is 30.9. The third kappa shape index (κ3) is 11.2. The number of halogens is 1. The number of aromatic nitrogens is 13. The van der Waals surface area contributed by atoms with Gasteiger partial charge in [-0.1, -0.05) is 67.1 Å². The number of ether oxygens (including phenoxy) is 1. The second-order valence-corrected chi connectivity index (χ2v) is 18.2. The molecular weight excluding hydrogens is 986 g/mol. The van der Waals surface area contributed by atoms with Gasteiger partial charge in [-0.15, -0.1) is 10.2 Å². The van der Waals surface area contributed by atoms with Gasteiger partial charge < -0.3 is 30.9 Å². The molecule has 20 heteroatoms. The Hall–Kier alpha value is -9.92. The number of hydrogen-bond donors (Lipinski definition) is 4. The van der Waals surface area contributed by atoms with Crippen molar-refractivity contribution in [2.75, 3.05) is 50.0 Å². The smallest absolute Gasteiger partial charge is 0.249 e. The summed E-state index contributed by atoms with van der Waals surface area (Å²) in [6, 6.07) is 34.4. The van der Waals surface area contributed by atoms with Crippen LogP contribution in [-0.2, 0) is 11.3 Å². The molecule has 12 aromatic rings. The number of aryl methyl sites for hydroxylation is 2. The van der Waals surface area contributed by atoms with Crippen LogP contribution < -0.4 is 17.2 Å². The summed E-state index contributed by atoms with van der Waals surface area (Å²) in [4.78, 5) is 38.1. The molecule has 3 aromatic carbocycles. The minimum absolute atomic E-state index is 0. The summed E-state index contributed by atoms with van der Waals surface area (Å²) in [6.07, 6.45) is 11.7. The molecule has 0 atom stereocenters. The SMILES string of the molecule is C.Cc1cccc(-c2ccc3c(-c4cn(CCN5CCOCC5)cn4)cnc(N)c3n2)c1.Cc1cccc(-c2ccc3c(-c4ncn[nH]4)cnc(N)c3n2)c1.Nc1ncc(-c2nnco2)c2ccc(-c3cccc(F)c3)nc12. The summed E-state index contributed by atoms with van der Waals surface area (Å²) < 4.78 is 26.2. The van der Waals surface area contributed by atoms with Gasteiger partial charge in [0.25, 0.3) is 0 Å². The van der Waals surface area contributed by atoms with Crippen LogP contribution in [0.1, 0.15) is 18.6 Å². The molecule has 1 aliphatic heterocycles. The Kier molecular flexibility index (Phi) is 15.1. The minimum atomic E-state index is -0.324. The Balaban J connectivity index is 0.000000134. The Morgan fingerprint density at radius 2 is 1.13 bits per heavy atom. The Morgan fingerprint density at radius 1 is 0.590 bits per heavy atom. The lowest BCUT2D eigenvalue weighted by atomic mass is 10.0. The second kappa shape index (κ2) is 22.9. The van der Waals surface area contributed by atoms with Gasteiger partial charge in [0.05, 0.1) is 47.9 Å². The molecule has 78 heavy (non-hydrogen) atoms. The summed E-state index contributed by atoms with van der Waals surface area (Å²) in [6.45, 7) is 9.62. The predicted octanol–water partition coefficient (Wildman–Crippen LogP) is 10.1. The highest BCUT2D eigenvalue weighted by Crippen LogP contribution is 2.34. The number of nitrogens with two attached hydrogens (primary N) is 3. The van der Waals surface area contributed by atoms with E-state index in [1.165, 1.54) is 36.0 Å². The zero-order valence-corrected chi connectivity index (χ0v) is 41.9. The van der Waals surface area contributed by atoms with Gasteiger partial charge in [-0.3, -0.25) is 10.00 Å². The Morgan fingerprint density at radius 3 is 1.67 bits per heavy atom. The zero-order valence-electron chi connectivity index (χ0n) is 41.9. The van der Waals surface area contributed by atoms with Gasteiger partial charge in [0.15, 0.2) is 5.82 Å². The number of rotatable bonds is 9. The average Bonchev–Trinajstić information content (AvgIpc) is 4.35. The van der Waals surface area contributed by atoms with E-state index in [0.29, 0.717) is 56.7 Å². The fourth-order valence-electron chi connectivity index (χ4n) is 9.04. The molecule has 19 nitrogen and oxygen atoms in total. The zero-order chi connectivity index (χ0) is 52.8. The number of H-pyrrole nitrogens is 1. The molecule has 13 rings (SSSR count). The molecule has 0 saturated carbocycles. The van der Waals surface area contributed by atoms with Crippen LogP contribution in [0.2, 0.25) is 0 Å². The van der Waals surface area contributed by atoms with Crippen molar-refractivity contribution in [3.8, 4) is 67.9 Å². The topological polar surface area (TPSA) is 266 Å². The lowest BCUT2D eigenvalue weighted by Crippen LogP contribution is -2.38. The number of aromatic amines is 1. The molecule has 9 aromatic heterocycles. The van der Waals surface area contributed by atoms with E-state index in [1.54, 1.807) is 36.8 Å². The van der Waals surface area contributed by atoms with Crippen molar-refractivity contribution < 1.29 is 13.5 Å². The fraction of sp³-hybridized carbons (Fsp3) is 0.155. The Labute approximate surface area is 447 Å². The molecule has 0 spiro atoms. The van der Waals surface area contributed by atoms with Gasteiger partial charge in [0.1, 0.15) is 46.1 Å². The van der Waals surface area contributed by atoms with Crippen molar-refractivity contribution in [1.29, 1.82) is 0 Å². The number of nitrogen functional groups attached to an aromatic ring is 3. The van der Waals surface area contributed by atoms with Crippen LogP contribution in [0.25, 0.3) is 101 Å². The third-order valence-electron chi connectivity index (χ3n) is 13.0. The number of hydrogen-bond acceptors (Lipinski definition) is 17. The molecule has 0 aliphatic carbocycles. The second-order valence-electron chi connectivity index (χ2n) is 18.2. The van der Waals surface area contributed by atoms with Gasteiger partial charge >= 0.3 is 0 Å². The minimum Gasteiger partial charge on any atom is -0.423 e. The van der Waals surface area contributed by atoms with Crippen LogP contribution in [0.15, 0.2) is 157 Å². The fourth-order valence-corrected chi connectivity index (χ4v) is 9.04. The maximum atomic E-state index is 13.4. The maximum Gasteiger partial charge on any atom is 0.249 e. The lowest BCUT2D eigenvalue weighted by Gasteiger charge is -2.26. The molecule has 1 aliphatic rings. The molecular formula is C58H54FN17O2. The van der Waals surface area contributed by atoms with Crippen LogP contribution in [0.4, 0.5) is 21.8 Å². The standard InChI is InChI=1S/C24H26N6O.C17H14N6.C16H10FN5O.CH4/c1-17-3-2-4-18(13-17)21-6-5-19-20(14-26-24(25)23(19)28-21)22-15-30(16-27-22)8-7-29-9-11-31-12-10-29;1-10-3-2-4-11(7-10)14-6-5-12-13(17-20-9-21-23-17)8-19-16(18)15(12)22-14;17-10-3-1-2-9(6-10)13-5-4-11-12(16-22-20-8-23-16)7-19-15(18)14(11)21-13;/h2-6,13-16H,7-12H2,1H3,(H2,25,26);2-9H,1H3,(H2,18,19)(H,20,21,23);1-8H,(H2,18,19);1H4. The number of imidazole rings is 1. The van der Waals surface area contributed by atoms with Gasteiger partial charge in [0.2, 0.25) is 12.3 Å². The van der Waals surface area contributed by atoms with Crippen LogP contribution >= 0.6 is 0 Å². The third-order valence-corrected chi connectivity index (χ3v) is 13.0. The normalized spacial score (nSPS) is 12.4. The highest BCUT2D eigenvalue weighted by atomic mass is 19.1. The first kappa shape index (κ1) is 51.6. The van der Waals surface area contributed by atoms with Gasteiger partial charge in [-0.2, -0.15) is 5.10 Å². The average molecular weight is 1040 g/mol. The van der Waals surface area contributed by atoms with E-state index in [9.17, 15) is 4.39 Å². The molecule has 1 fully saturated rings. The number of benzene rings is 3. The van der Waals surface area contributed by atoms with E-state index in [1.807, 2.05) is 48.8 Å². The lowest BCUT2D eigenvalue weighted by molar-refractivity contribution is 0.0364. The number of nitrogens with one attached hydrogen (secondary N) is 1. The first-order valence-corrected chi connectivity index (χ1v) is 24.6. The molecule has 0 radical (unpaired) electrons. The summed E-state index contributed by atoms with van der Waals surface area (Å²) in [5.74, 6) is 1.77. The van der Waals surface area contributed by atoms with E-state index < -0.39 is 0 Å². The Bertz CT molecular complexity index is 3870. The molecule has 1 saturated heterocycles. The first-order chi connectivity index (χ1) is 37.6. The largest absolute Gasteiger partial charge is 0.423 e. The van der Waals surface area contributed by atoms with Crippen molar-refractivity contribution in [3.05, 3.63) is 170 Å².